The highest BCUT2D eigenvalue weighted by molar-refractivity contribution is 7.88. The number of nitrogen functional groups attached to an aromatic ring is 1. The number of aromatic nitrogens is 4. The molecule has 1 aliphatic heterocycles. The zero-order valence-corrected chi connectivity index (χ0v) is 27.0. The summed E-state index contributed by atoms with van der Waals surface area (Å²) in [5.74, 6) is -0.970. The Morgan fingerprint density at radius 2 is 1.83 bits per heavy atom. The Kier molecular flexibility index (Phi) is 9.81. The quantitative estimate of drug-likeness (QED) is 0.0739. The number of nitrogens with one attached hydrogen (secondary N) is 2. The van der Waals surface area contributed by atoms with Crippen molar-refractivity contribution in [2.24, 2.45) is 0 Å². The van der Waals surface area contributed by atoms with Crippen molar-refractivity contribution in [2.75, 3.05) is 30.6 Å². The van der Waals surface area contributed by atoms with E-state index in [1.807, 2.05) is 6.07 Å². The number of anilines is 2. The van der Waals surface area contributed by atoms with Gasteiger partial charge in [-0.1, -0.05) is 48.5 Å². The molecular formula is C27H33N8O10PS. The molecule has 1 saturated heterocycles. The van der Waals surface area contributed by atoms with Gasteiger partial charge in [-0.25, -0.2) is 23.1 Å². The number of hydrazine groups is 1. The molecule has 5 atom stereocenters. The van der Waals surface area contributed by atoms with E-state index in [-0.39, 0.29) is 35.3 Å². The number of hydrogen-bond acceptors (Lipinski definition) is 15. The number of rotatable bonds is 13. The van der Waals surface area contributed by atoms with Crippen LogP contribution in [0.2, 0.25) is 0 Å². The van der Waals surface area contributed by atoms with Crippen LogP contribution >= 0.6 is 7.75 Å². The average molecular weight is 693 g/mol. The molecule has 0 spiro atoms. The van der Waals surface area contributed by atoms with Gasteiger partial charge in [0, 0.05) is 7.05 Å². The molecule has 2 aromatic carbocycles. The lowest BCUT2D eigenvalue weighted by Crippen LogP contribution is -2.44. The van der Waals surface area contributed by atoms with Crippen LogP contribution in [0.5, 0.6) is 5.75 Å². The summed E-state index contributed by atoms with van der Waals surface area (Å²) in [6.07, 6.45) is -2.95. The van der Waals surface area contributed by atoms with E-state index < -0.39 is 54.5 Å². The van der Waals surface area contributed by atoms with E-state index >= 15 is 0 Å². The number of sulfonamides is 1. The minimum Gasteiger partial charge on any atom is -0.460 e. The first-order valence-corrected chi connectivity index (χ1v) is 17.3. The van der Waals surface area contributed by atoms with E-state index in [1.165, 1.54) is 37.0 Å². The van der Waals surface area contributed by atoms with Crippen LogP contribution in [0, 0.1) is 0 Å². The minimum absolute atomic E-state index is 0.00391. The number of hydrogen-bond donors (Lipinski definition) is 5. The molecule has 252 valence electrons. The van der Waals surface area contributed by atoms with Gasteiger partial charge in [0.05, 0.1) is 12.6 Å². The van der Waals surface area contributed by atoms with Gasteiger partial charge in [0.1, 0.15) is 30.6 Å². The van der Waals surface area contributed by atoms with Crippen LogP contribution in [0.3, 0.4) is 0 Å². The van der Waals surface area contributed by atoms with Gasteiger partial charge in [-0.05, 0) is 24.6 Å². The fourth-order valence-electron chi connectivity index (χ4n) is 4.60. The zero-order valence-electron chi connectivity index (χ0n) is 25.3. The normalized spacial score (nSPS) is 22.5. The molecule has 1 aliphatic rings. The lowest BCUT2D eigenvalue weighted by atomic mass is 9.99. The number of benzene rings is 2. The SMILES string of the molecule is CN(NS(C)(=O)=O)c1nc(N)nc2c1ncn2[C@@H]1OC(OP(=O)(NCC(=O)OCc2ccccc2)Oc2ccccc2)C(O)[C@@]1(C)O. The monoisotopic (exact) mass is 692 g/mol. The second kappa shape index (κ2) is 13.5. The van der Waals surface area contributed by atoms with Gasteiger partial charge in [0.15, 0.2) is 23.2 Å². The molecular weight excluding hydrogens is 659 g/mol. The molecule has 0 radical (unpaired) electrons. The number of nitrogens with two attached hydrogens (primary N) is 1. The zero-order chi connectivity index (χ0) is 34.0. The molecule has 0 bridgehead atoms. The van der Waals surface area contributed by atoms with Gasteiger partial charge in [0.2, 0.25) is 22.3 Å². The first-order chi connectivity index (χ1) is 22.1. The van der Waals surface area contributed by atoms with Crippen LogP contribution in [0.15, 0.2) is 67.0 Å². The van der Waals surface area contributed by atoms with E-state index in [9.17, 15) is 28.0 Å². The van der Waals surface area contributed by atoms with Crippen molar-refractivity contribution in [3.63, 3.8) is 0 Å². The van der Waals surface area contributed by atoms with Crippen LogP contribution in [0.1, 0.15) is 18.7 Å². The Morgan fingerprint density at radius 3 is 2.49 bits per heavy atom. The van der Waals surface area contributed by atoms with Crippen molar-refractivity contribution in [3.05, 3.63) is 72.6 Å². The maximum absolute atomic E-state index is 14.0. The molecule has 20 heteroatoms. The molecule has 0 aliphatic carbocycles. The standard InChI is InChI=1S/C27H33N8O10PS/c1-27(38)21(37)24(43-25(27)35-16-29-20-22(31-26(28)32-23(20)35)34(2)33-47(3,40)41)45-46(39,44-18-12-8-5-9-13-18)30-14-19(36)42-15-17-10-6-4-7-11-17/h4-13,16,21,24-25,33,37-38H,14-15H2,1-3H3,(H,30,39)(H2,28,31,32)/t21?,24?,25-,27-,46?/m1/s1. The number of imidazole rings is 1. The number of aliphatic hydroxyl groups is 2. The molecule has 5 rings (SSSR count). The van der Waals surface area contributed by atoms with E-state index in [0.29, 0.717) is 0 Å². The predicted octanol–water partition coefficient (Wildman–Crippen LogP) is 0.812. The highest BCUT2D eigenvalue weighted by Gasteiger charge is 2.56. The van der Waals surface area contributed by atoms with E-state index in [4.69, 9.17) is 24.3 Å². The predicted molar refractivity (Wildman–Crippen MR) is 167 cm³/mol. The summed E-state index contributed by atoms with van der Waals surface area (Å²) in [5.41, 5.74) is 4.57. The number of ether oxygens (including phenoxy) is 2. The second-order valence-electron chi connectivity index (χ2n) is 10.7. The Balaban J connectivity index is 1.38. The van der Waals surface area contributed by atoms with E-state index in [0.717, 1.165) is 16.8 Å². The lowest BCUT2D eigenvalue weighted by molar-refractivity contribution is -0.144. The molecule has 2 aromatic heterocycles. The molecule has 1 fully saturated rings. The average Bonchev–Trinajstić information content (AvgIpc) is 3.52. The Morgan fingerprint density at radius 1 is 1.17 bits per heavy atom. The van der Waals surface area contributed by atoms with Crippen molar-refractivity contribution in [1.82, 2.24) is 29.4 Å². The second-order valence-corrected chi connectivity index (χ2v) is 14.1. The van der Waals surface area contributed by atoms with Crippen molar-refractivity contribution < 1.29 is 46.5 Å². The molecule has 4 aromatic rings. The summed E-state index contributed by atoms with van der Waals surface area (Å²) in [6, 6.07) is 16.8. The third-order valence-corrected chi connectivity index (χ3v) is 8.87. The number of aliphatic hydroxyl groups excluding tert-OH is 1. The van der Waals surface area contributed by atoms with E-state index in [1.54, 1.807) is 42.5 Å². The fraction of sp³-hybridized carbons (Fsp3) is 0.333. The number of para-hydroxylation sites is 1. The summed E-state index contributed by atoms with van der Waals surface area (Å²) in [4.78, 5) is 27.2. The van der Waals surface area contributed by atoms with Gasteiger partial charge in [-0.15, -0.1) is 4.83 Å². The Labute approximate surface area is 269 Å². The van der Waals surface area contributed by atoms with Crippen LogP contribution in [0.4, 0.5) is 11.8 Å². The number of fused-ring (bicyclic) bond motifs is 1. The summed E-state index contributed by atoms with van der Waals surface area (Å²) in [6.45, 7) is 0.591. The van der Waals surface area contributed by atoms with Crippen LogP contribution in [0.25, 0.3) is 11.2 Å². The third-order valence-electron chi connectivity index (χ3n) is 6.78. The lowest BCUT2D eigenvalue weighted by Gasteiger charge is -2.27. The first-order valence-electron chi connectivity index (χ1n) is 13.9. The van der Waals surface area contributed by atoms with Crippen LogP contribution in [-0.4, -0.2) is 82.0 Å². The van der Waals surface area contributed by atoms with E-state index in [2.05, 4.69) is 24.9 Å². The minimum atomic E-state index is -4.52. The van der Waals surface area contributed by atoms with Crippen LogP contribution < -0.4 is 25.2 Å². The largest absolute Gasteiger partial charge is 0.461 e. The molecule has 0 amide bonds. The number of nitrogens with zero attached hydrogens (tertiary/aromatic N) is 5. The van der Waals surface area contributed by atoms with Crippen LogP contribution in [-0.2, 0) is 40.0 Å². The number of carbonyl (C=O) groups is 1. The third kappa shape index (κ3) is 8.03. The van der Waals surface area contributed by atoms with Crippen molar-refractivity contribution in [3.8, 4) is 5.75 Å². The molecule has 3 unspecified atom stereocenters. The maximum Gasteiger partial charge on any atom is 0.461 e. The van der Waals surface area contributed by atoms with Crippen molar-refractivity contribution in [1.29, 1.82) is 0 Å². The highest BCUT2D eigenvalue weighted by atomic mass is 32.2. The molecule has 18 nitrogen and oxygen atoms in total. The first kappa shape index (κ1) is 34.1. The summed E-state index contributed by atoms with van der Waals surface area (Å²) >= 11 is 0. The molecule has 3 heterocycles. The smallest absolute Gasteiger partial charge is 0.460 e. The van der Waals surface area contributed by atoms with Gasteiger partial charge in [-0.3, -0.25) is 18.9 Å². The summed E-state index contributed by atoms with van der Waals surface area (Å²) in [7, 11) is -6.87. The Bertz CT molecular complexity index is 1880. The van der Waals surface area contributed by atoms with Gasteiger partial charge in [-0.2, -0.15) is 9.97 Å². The number of carbonyl (C=O) groups excluding carboxylic acids is 1. The van der Waals surface area contributed by atoms with Gasteiger partial charge in [0.25, 0.3) is 0 Å². The highest BCUT2D eigenvalue weighted by Crippen LogP contribution is 2.50. The summed E-state index contributed by atoms with van der Waals surface area (Å²) < 4.78 is 61.2. The molecule has 47 heavy (non-hydrogen) atoms. The molecule has 6 N–H and O–H groups in total. The number of esters is 1. The molecule has 0 saturated carbocycles. The maximum atomic E-state index is 14.0. The van der Waals surface area contributed by atoms with Gasteiger partial charge >= 0.3 is 13.7 Å². The summed E-state index contributed by atoms with van der Waals surface area (Å²) in [5, 5.41) is 26.0. The topological polar surface area (TPSA) is 243 Å². The fourth-order valence-corrected chi connectivity index (χ4v) is 6.53. The van der Waals surface area contributed by atoms with Crippen molar-refractivity contribution >= 4 is 46.7 Å². The Hall–Kier alpha value is -4.20. The van der Waals surface area contributed by atoms with Crippen molar-refractivity contribution in [2.45, 2.75) is 37.8 Å². The van der Waals surface area contributed by atoms with Gasteiger partial charge < -0.3 is 29.9 Å².